The second kappa shape index (κ2) is 10.1. The summed E-state index contributed by atoms with van der Waals surface area (Å²) in [6, 6.07) is 5.97. The van der Waals surface area contributed by atoms with E-state index in [1.165, 1.54) is 29.5 Å². The van der Waals surface area contributed by atoms with Crippen LogP contribution < -0.4 is 11.2 Å². The number of aliphatic hydroxyl groups excluding tert-OH is 1. The zero-order valence-electron chi connectivity index (χ0n) is 18.6. The molecule has 1 N–H and O–H groups in total. The summed E-state index contributed by atoms with van der Waals surface area (Å²) in [4.78, 5) is 30.5. The molecule has 0 aliphatic heterocycles. The van der Waals surface area contributed by atoms with Crippen LogP contribution in [0.25, 0.3) is 11.2 Å². The maximum Gasteiger partial charge on any atom is 0.332 e. The summed E-state index contributed by atoms with van der Waals surface area (Å²) >= 11 is 0. The molecule has 0 radical (unpaired) electrons. The fraction of sp³-hybridized carbons (Fsp3) is 0.458. The van der Waals surface area contributed by atoms with Crippen molar-refractivity contribution in [3.63, 3.8) is 0 Å². The van der Waals surface area contributed by atoms with Gasteiger partial charge in [0.1, 0.15) is 12.4 Å². The van der Waals surface area contributed by atoms with Crippen molar-refractivity contribution in [3.05, 3.63) is 62.3 Å². The van der Waals surface area contributed by atoms with Crippen LogP contribution in [0.2, 0.25) is 0 Å². The molecule has 0 atom stereocenters. The second-order valence-electron chi connectivity index (χ2n) is 8.22. The van der Waals surface area contributed by atoms with Crippen molar-refractivity contribution in [2.24, 2.45) is 7.05 Å². The molecular formula is C24H27FN4O4. The lowest BCUT2D eigenvalue weighted by Gasteiger charge is -2.10. The lowest BCUT2D eigenvalue weighted by molar-refractivity contribution is 0.0837. The summed E-state index contributed by atoms with van der Waals surface area (Å²) in [6.07, 6.45) is 4.93. The zero-order valence-corrected chi connectivity index (χ0v) is 18.6. The number of nitrogens with zero attached hydrogens (tertiary/aromatic N) is 4. The van der Waals surface area contributed by atoms with Gasteiger partial charge in [-0.3, -0.25) is 13.9 Å². The number of aromatic nitrogens is 4. The largest absolute Gasteiger partial charge is 0.396 e. The van der Waals surface area contributed by atoms with Gasteiger partial charge in [0.05, 0.1) is 12.6 Å². The number of halogens is 1. The number of hydrogen-bond donors (Lipinski definition) is 1. The summed E-state index contributed by atoms with van der Waals surface area (Å²) < 4.78 is 23.3. The highest BCUT2D eigenvalue weighted by Crippen LogP contribution is 2.20. The van der Waals surface area contributed by atoms with Gasteiger partial charge in [-0.1, -0.05) is 30.9 Å². The van der Waals surface area contributed by atoms with E-state index < -0.39 is 11.2 Å². The fourth-order valence-corrected chi connectivity index (χ4v) is 4.15. The van der Waals surface area contributed by atoms with E-state index in [9.17, 15) is 14.0 Å². The third-order valence-corrected chi connectivity index (χ3v) is 5.92. The number of imidazole rings is 1. The SMILES string of the molecule is Cn1c(=O)n(CCCO)c(=O)c2c1nc(C#CCOC1CCCC1)n2Cc1ccc(F)cc1. The predicted octanol–water partition coefficient (Wildman–Crippen LogP) is 1.78. The van der Waals surface area contributed by atoms with Gasteiger partial charge in [-0.2, -0.15) is 0 Å². The Morgan fingerprint density at radius 3 is 2.61 bits per heavy atom. The number of hydrogen-bond acceptors (Lipinski definition) is 5. The summed E-state index contributed by atoms with van der Waals surface area (Å²) in [6.45, 7) is 0.442. The molecule has 1 aromatic carbocycles. The van der Waals surface area contributed by atoms with Crippen LogP contribution in [0.15, 0.2) is 33.9 Å². The maximum atomic E-state index is 13.4. The van der Waals surface area contributed by atoms with E-state index in [1.807, 2.05) is 0 Å². The van der Waals surface area contributed by atoms with Crippen LogP contribution in [0.3, 0.4) is 0 Å². The lowest BCUT2D eigenvalue weighted by Crippen LogP contribution is -2.40. The van der Waals surface area contributed by atoms with Crippen molar-refractivity contribution < 1.29 is 14.2 Å². The standard InChI is InChI=1S/C24H27FN4O4/c1-27-22-21(23(31)28(24(27)32)13-5-14-30)29(16-17-9-11-18(25)12-10-17)20(26-22)8-4-15-33-19-6-2-3-7-19/h9-12,19,30H,2-3,5-7,13-16H2,1H3. The summed E-state index contributed by atoms with van der Waals surface area (Å²) in [5.41, 5.74) is 0.229. The van der Waals surface area contributed by atoms with E-state index in [1.54, 1.807) is 23.7 Å². The van der Waals surface area contributed by atoms with Crippen molar-refractivity contribution in [2.75, 3.05) is 13.2 Å². The van der Waals surface area contributed by atoms with E-state index >= 15 is 0 Å². The Morgan fingerprint density at radius 1 is 1.18 bits per heavy atom. The van der Waals surface area contributed by atoms with Crippen LogP contribution in [0, 0.1) is 17.7 Å². The number of benzene rings is 1. The zero-order chi connectivity index (χ0) is 23.4. The Balaban J connectivity index is 1.78. The third-order valence-electron chi connectivity index (χ3n) is 5.92. The molecule has 0 bridgehead atoms. The van der Waals surface area contributed by atoms with Crippen LogP contribution in [0.5, 0.6) is 0 Å². The molecule has 1 aliphatic rings. The minimum atomic E-state index is -0.503. The molecule has 2 heterocycles. The fourth-order valence-electron chi connectivity index (χ4n) is 4.15. The highest BCUT2D eigenvalue weighted by atomic mass is 19.1. The number of fused-ring (bicyclic) bond motifs is 1. The van der Waals surface area contributed by atoms with Crippen molar-refractivity contribution >= 4 is 11.2 Å². The van der Waals surface area contributed by atoms with Crippen LogP contribution in [-0.4, -0.2) is 43.1 Å². The molecule has 33 heavy (non-hydrogen) atoms. The monoisotopic (exact) mass is 454 g/mol. The molecule has 0 saturated heterocycles. The molecule has 1 fully saturated rings. The van der Waals surface area contributed by atoms with Crippen molar-refractivity contribution in [1.29, 1.82) is 0 Å². The molecule has 3 aromatic rings. The maximum absolute atomic E-state index is 13.4. The summed E-state index contributed by atoms with van der Waals surface area (Å²) in [5, 5.41) is 9.16. The average Bonchev–Trinajstić information content (AvgIpc) is 3.45. The Kier molecular flexibility index (Phi) is 7.06. The average molecular weight is 455 g/mol. The minimum Gasteiger partial charge on any atom is -0.396 e. The van der Waals surface area contributed by atoms with Gasteiger partial charge in [-0.05, 0) is 42.9 Å². The molecule has 9 heteroatoms. The first kappa shape index (κ1) is 23.0. The first-order valence-electron chi connectivity index (χ1n) is 11.2. The molecule has 174 valence electrons. The summed E-state index contributed by atoms with van der Waals surface area (Å²) in [7, 11) is 1.55. The molecule has 0 unspecified atom stereocenters. The highest BCUT2D eigenvalue weighted by molar-refractivity contribution is 5.72. The Labute approximate surface area is 190 Å². The van der Waals surface area contributed by atoms with Gasteiger partial charge in [0.15, 0.2) is 17.0 Å². The van der Waals surface area contributed by atoms with Gasteiger partial charge < -0.3 is 14.4 Å². The van der Waals surface area contributed by atoms with Gasteiger partial charge in [0, 0.05) is 20.2 Å². The van der Waals surface area contributed by atoms with E-state index in [2.05, 4.69) is 16.8 Å². The predicted molar refractivity (Wildman–Crippen MR) is 122 cm³/mol. The highest BCUT2D eigenvalue weighted by Gasteiger charge is 2.20. The number of ether oxygens (including phenoxy) is 1. The van der Waals surface area contributed by atoms with E-state index in [0.29, 0.717) is 5.82 Å². The quantitative estimate of drug-likeness (QED) is 0.550. The lowest BCUT2D eigenvalue weighted by atomic mass is 10.2. The minimum absolute atomic E-state index is 0.0932. The second-order valence-corrected chi connectivity index (χ2v) is 8.22. The van der Waals surface area contributed by atoms with Crippen molar-refractivity contribution in [3.8, 4) is 11.8 Å². The smallest absolute Gasteiger partial charge is 0.332 e. The number of aliphatic hydroxyl groups is 1. The van der Waals surface area contributed by atoms with Crippen molar-refractivity contribution in [1.82, 2.24) is 18.7 Å². The Hall–Kier alpha value is -3.22. The topological polar surface area (TPSA) is 91.3 Å². The van der Waals surface area contributed by atoms with E-state index in [-0.39, 0.29) is 55.8 Å². The van der Waals surface area contributed by atoms with Gasteiger partial charge in [-0.25, -0.2) is 14.2 Å². The first-order valence-corrected chi connectivity index (χ1v) is 11.2. The Bertz CT molecular complexity index is 1310. The molecule has 0 amide bonds. The van der Waals surface area contributed by atoms with Crippen LogP contribution in [0.1, 0.15) is 43.5 Å². The molecule has 2 aromatic heterocycles. The molecule has 1 aliphatic carbocycles. The Morgan fingerprint density at radius 2 is 1.91 bits per heavy atom. The summed E-state index contributed by atoms with van der Waals surface area (Å²) in [5.74, 6) is 5.95. The van der Waals surface area contributed by atoms with Gasteiger partial charge >= 0.3 is 5.69 Å². The molecular weight excluding hydrogens is 427 g/mol. The van der Waals surface area contributed by atoms with E-state index in [4.69, 9.17) is 9.84 Å². The first-order chi connectivity index (χ1) is 16.0. The van der Waals surface area contributed by atoms with Gasteiger partial charge in [0.2, 0.25) is 0 Å². The molecule has 4 rings (SSSR count). The number of aryl methyl sites for hydroxylation is 1. The molecule has 1 saturated carbocycles. The normalized spacial score (nSPS) is 14.0. The van der Waals surface area contributed by atoms with E-state index in [0.717, 1.165) is 23.0 Å². The number of rotatable bonds is 7. The molecule has 8 nitrogen and oxygen atoms in total. The van der Waals surface area contributed by atoms with Crippen LogP contribution in [-0.2, 0) is 24.9 Å². The van der Waals surface area contributed by atoms with Gasteiger partial charge in [0.25, 0.3) is 5.56 Å². The van der Waals surface area contributed by atoms with Crippen LogP contribution >= 0.6 is 0 Å². The van der Waals surface area contributed by atoms with Crippen molar-refractivity contribution in [2.45, 2.75) is 51.3 Å². The molecule has 0 spiro atoms. The van der Waals surface area contributed by atoms with Crippen LogP contribution in [0.4, 0.5) is 4.39 Å². The van der Waals surface area contributed by atoms with Gasteiger partial charge in [-0.15, -0.1) is 0 Å². The third kappa shape index (κ3) is 4.92.